The fraction of sp³-hybridized carbons (Fsp3) is 1.00. The summed E-state index contributed by atoms with van der Waals surface area (Å²) in [6.07, 6.45) is -1.70. The van der Waals surface area contributed by atoms with Crippen molar-refractivity contribution in [1.82, 2.24) is 6.15 Å². The van der Waals surface area contributed by atoms with Crippen LogP contribution in [-0.2, 0) is 9.47 Å². The topological polar surface area (TPSA) is 93.9 Å². The average molecular weight is 163 g/mol. The number of rotatable bonds is 0. The first-order chi connectivity index (χ1) is 4.79. The minimum Gasteiger partial charge on any atom is -0.388 e. The van der Waals surface area contributed by atoms with Gasteiger partial charge in [-0.2, -0.15) is 0 Å². The molecular formula is C6H13NO4. The van der Waals surface area contributed by atoms with E-state index in [1.54, 1.807) is 0 Å². The molecule has 2 fully saturated rings. The number of hydrogen-bond acceptors (Lipinski definition) is 5. The predicted octanol–water partition coefficient (Wildman–Crippen LogP) is -1.33. The van der Waals surface area contributed by atoms with E-state index in [0.29, 0.717) is 0 Å². The van der Waals surface area contributed by atoms with Crippen LogP contribution in [0.25, 0.3) is 0 Å². The van der Waals surface area contributed by atoms with E-state index in [2.05, 4.69) is 0 Å². The van der Waals surface area contributed by atoms with Crippen molar-refractivity contribution in [3.8, 4) is 0 Å². The molecule has 2 rings (SSSR count). The van der Waals surface area contributed by atoms with Crippen LogP contribution in [0.5, 0.6) is 0 Å². The zero-order valence-corrected chi connectivity index (χ0v) is 6.14. The molecule has 5 N–H and O–H groups in total. The Morgan fingerprint density at radius 2 is 1.27 bits per heavy atom. The summed E-state index contributed by atoms with van der Waals surface area (Å²) in [5.74, 6) is 0. The maximum atomic E-state index is 9.16. The van der Waals surface area contributed by atoms with Crippen LogP contribution in [0.2, 0.25) is 0 Å². The van der Waals surface area contributed by atoms with Gasteiger partial charge in [0.25, 0.3) is 0 Å². The van der Waals surface area contributed by atoms with E-state index in [9.17, 15) is 0 Å². The van der Waals surface area contributed by atoms with Gasteiger partial charge >= 0.3 is 0 Å². The molecule has 0 saturated carbocycles. The van der Waals surface area contributed by atoms with Gasteiger partial charge in [-0.3, -0.25) is 0 Å². The molecule has 2 heterocycles. The highest BCUT2D eigenvalue weighted by Gasteiger charge is 2.46. The molecule has 5 nitrogen and oxygen atoms in total. The Balaban J connectivity index is 0.000000605. The summed E-state index contributed by atoms with van der Waals surface area (Å²) in [6, 6.07) is 0. The molecule has 0 aromatic rings. The Hall–Kier alpha value is -0.200. The lowest BCUT2D eigenvalue weighted by molar-refractivity contribution is 0.00205. The molecule has 0 aromatic carbocycles. The Labute approximate surface area is 64.5 Å². The van der Waals surface area contributed by atoms with E-state index in [1.165, 1.54) is 0 Å². The molecule has 66 valence electrons. The molecule has 11 heavy (non-hydrogen) atoms. The van der Waals surface area contributed by atoms with Gasteiger partial charge in [-0.1, -0.05) is 0 Å². The van der Waals surface area contributed by atoms with E-state index < -0.39 is 12.2 Å². The summed E-state index contributed by atoms with van der Waals surface area (Å²) in [5.41, 5.74) is 0. The van der Waals surface area contributed by atoms with Crippen molar-refractivity contribution < 1.29 is 19.7 Å². The maximum Gasteiger partial charge on any atom is 0.114 e. The van der Waals surface area contributed by atoms with E-state index in [0.717, 1.165) is 0 Å². The summed E-state index contributed by atoms with van der Waals surface area (Å²) < 4.78 is 10.2. The van der Waals surface area contributed by atoms with Crippen LogP contribution in [-0.4, -0.2) is 47.8 Å². The van der Waals surface area contributed by atoms with Crippen LogP contribution in [0.1, 0.15) is 0 Å². The van der Waals surface area contributed by atoms with Crippen LogP contribution < -0.4 is 6.15 Å². The number of aliphatic hydroxyl groups is 2. The van der Waals surface area contributed by atoms with Crippen LogP contribution in [0.15, 0.2) is 0 Å². The number of fused-ring (bicyclic) bond motifs is 1. The van der Waals surface area contributed by atoms with E-state index in [1.807, 2.05) is 0 Å². The molecule has 4 atom stereocenters. The number of aliphatic hydroxyl groups excluding tert-OH is 2. The molecular weight excluding hydrogens is 150 g/mol. The van der Waals surface area contributed by atoms with Crippen molar-refractivity contribution in [3.05, 3.63) is 0 Å². The van der Waals surface area contributed by atoms with Gasteiger partial charge in [0, 0.05) is 0 Å². The lowest BCUT2D eigenvalue weighted by Gasteiger charge is -2.09. The van der Waals surface area contributed by atoms with E-state index in [-0.39, 0.29) is 31.6 Å². The summed E-state index contributed by atoms with van der Waals surface area (Å²) in [5, 5.41) is 18.3. The lowest BCUT2D eigenvalue weighted by atomic mass is 10.1. The molecule has 0 radical (unpaired) electrons. The molecule has 5 heteroatoms. The van der Waals surface area contributed by atoms with Gasteiger partial charge in [0.15, 0.2) is 0 Å². The van der Waals surface area contributed by atoms with Crippen LogP contribution >= 0.6 is 0 Å². The fourth-order valence-corrected chi connectivity index (χ4v) is 1.46. The van der Waals surface area contributed by atoms with E-state index in [4.69, 9.17) is 19.7 Å². The van der Waals surface area contributed by atoms with Crippen molar-refractivity contribution in [3.63, 3.8) is 0 Å². The molecule has 0 aromatic heterocycles. The number of ether oxygens (including phenoxy) is 2. The normalized spacial score (nSPS) is 48.5. The molecule has 0 amide bonds. The molecule has 2 saturated heterocycles. The van der Waals surface area contributed by atoms with Crippen molar-refractivity contribution in [1.29, 1.82) is 0 Å². The van der Waals surface area contributed by atoms with Crippen molar-refractivity contribution in [2.75, 3.05) is 13.2 Å². The second-order valence-electron chi connectivity index (χ2n) is 2.73. The standard InChI is InChI=1S/C6H10O4.H3N/c7-3-1-9-6-4(8)2-10-5(3)6;/h3-8H,1-2H2;1H3/t3-,4+,5-,6-;/m1./s1. The van der Waals surface area contributed by atoms with Gasteiger partial charge < -0.3 is 25.8 Å². The summed E-state index contributed by atoms with van der Waals surface area (Å²) in [7, 11) is 0. The highest BCUT2D eigenvalue weighted by atomic mass is 16.6. The summed E-state index contributed by atoms with van der Waals surface area (Å²) >= 11 is 0. The first kappa shape index (κ1) is 8.89. The van der Waals surface area contributed by atoms with E-state index >= 15 is 0 Å². The second kappa shape index (κ2) is 3.04. The average Bonchev–Trinajstić information content (AvgIpc) is 2.41. The molecule has 0 bridgehead atoms. The largest absolute Gasteiger partial charge is 0.388 e. The van der Waals surface area contributed by atoms with Crippen molar-refractivity contribution >= 4 is 0 Å². The van der Waals surface area contributed by atoms with Gasteiger partial charge in [-0.25, -0.2) is 0 Å². The minimum atomic E-state index is -0.554. The third-order valence-electron chi connectivity index (χ3n) is 2.00. The van der Waals surface area contributed by atoms with Gasteiger partial charge in [-0.05, 0) is 0 Å². The predicted molar refractivity (Wildman–Crippen MR) is 36.5 cm³/mol. The minimum absolute atomic E-state index is 0. The van der Waals surface area contributed by atoms with Gasteiger partial charge in [0.2, 0.25) is 0 Å². The molecule has 2 aliphatic rings. The third-order valence-corrected chi connectivity index (χ3v) is 2.00. The first-order valence-electron chi connectivity index (χ1n) is 3.38. The lowest BCUT2D eigenvalue weighted by Crippen LogP contribution is -2.30. The Bertz CT molecular complexity index is 127. The van der Waals surface area contributed by atoms with Crippen LogP contribution in [0, 0.1) is 0 Å². The quantitative estimate of drug-likeness (QED) is 0.411. The molecule has 0 aliphatic carbocycles. The first-order valence-corrected chi connectivity index (χ1v) is 3.38. The SMILES string of the molecule is N.O[C@@H]1CO[C@H]2[C@@H]1OC[C@@H]2O. The zero-order chi connectivity index (χ0) is 7.14. The van der Waals surface area contributed by atoms with Crippen molar-refractivity contribution in [2.24, 2.45) is 0 Å². The Kier molecular flexibility index (Phi) is 2.46. The highest BCUT2D eigenvalue weighted by molar-refractivity contribution is 4.93. The maximum absolute atomic E-state index is 9.16. The monoisotopic (exact) mass is 163 g/mol. The summed E-state index contributed by atoms with van der Waals surface area (Å²) in [4.78, 5) is 0. The number of hydrogen-bond donors (Lipinski definition) is 3. The van der Waals surface area contributed by atoms with Crippen LogP contribution in [0.3, 0.4) is 0 Å². The molecule has 2 aliphatic heterocycles. The van der Waals surface area contributed by atoms with Gasteiger partial charge in [-0.15, -0.1) is 0 Å². The smallest absolute Gasteiger partial charge is 0.114 e. The Morgan fingerprint density at radius 3 is 1.64 bits per heavy atom. The summed E-state index contributed by atoms with van der Waals surface area (Å²) in [6.45, 7) is 0.568. The molecule has 0 spiro atoms. The van der Waals surface area contributed by atoms with Gasteiger partial charge in [0.05, 0.1) is 13.2 Å². The second-order valence-corrected chi connectivity index (χ2v) is 2.73. The van der Waals surface area contributed by atoms with Crippen LogP contribution in [0.4, 0.5) is 0 Å². The Morgan fingerprint density at radius 1 is 0.909 bits per heavy atom. The van der Waals surface area contributed by atoms with Crippen molar-refractivity contribution in [2.45, 2.75) is 24.4 Å². The fourth-order valence-electron chi connectivity index (χ4n) is 1.46. The zero-order valence-electron chi connectivity index (χ0n) is 6.14. The third kappa shape index (κ3) is 1.25. The highest BCUT2D eigenvalue weighted by Crippen LogP contribution is 2.26. The molecule has 0 unspecified atom stereocenters. The van der Waals surface area contributed by atoms with Gasteiger partial charge in [0.1, 0.15) is 24.4 Å².